The Balaban J connectivity index is 1.33. The van der Waals surface area contributed by atoms with Crippen molar-refractivity contribution in [1.29, 1.82) is 0 Å². The molecule has 0 amide bonds. The van der Waals surface area contributed by atoms with Crippen molar-refractivity contribution < 1.29 is 39.0 Å². The van der Waals surface area contributed by atoms with Gasteiger partial charge in [0.05, 0.1) is 62.0 Å². The topological polar surface area (TPSA) is 19.1 Å². The molecule has 47 heavy (non-hydrogen) atoms. The predicted octanol–water partition coefficient (Wildman–Crippen LogP) is 9.86. The zero-order valence-corrected chi connectivity index (χ0v) is 24.1. The molecule has 0 fully saturated rings. The molecule has 4 heterocycles. The van der Waals surface area contributed by atoms with Crippen molar-refractivity contribution in [2.75, 3.05) is 0 Å². The van der Waals surface area contributed by atoms with E-state index in [1.807, 2.05) is 0 Å². The summed E-state index contributed by atoms with van der Waals surface area (Å²) in [6.45, 7) is 0. The number of ether oxygens (including phenoxy) is 1. The Morgan fingerprint density at radius 2 is 1.02 bits per heavy atom. The average molecular weight is 642 g/mol. The van der Waals surface area contributed by atoms with E-state index in [1.54, 1.807) is 0 Å². The van der Waals surface area contributed by atoms with Gasteiger partial charge in [-0.2, -0.15) is 11.6 Å². The van der Waals surface area contributed by atoms with Crippen LogP contribution in [0.3, 0.4) is 0 Å². The molecule has 2 aliphatic heterocycles. The van der Waals surface area contributed by atoms with Crippen LogP contribution in [0.4, 0.5) is 0 Å². The van der Waals surface area contributed by atoms with Crippen LogP contribution in [0.5, 0.6) is 11.5 Å². The first-order chi connectivity index (χ1) is 33.7. The third-order valence-corrected chi connectivity index (χ3v) is 9.41. The van der Waals surface area contributed by atoms with Gasteiger partial charge in [-0.25, -0.2) is 0 Å². The molecule has 9 aromatic rings. The van der Waals surface area contributed by atoms with Crippen LogP contribution >= 0.6 is 11.6 Å². The minimum atomic E-state index is -1.51. The van der Waals surface area contributed by atoms with Gasteiger partial charge in [-0.05, 0) is 76.4 Å². The normalized spacial score (nSPS) is 20.6. The van der Waals surface area contributed by atoms with Gasteiger partial charge in [0, 0.05) is 38.2 Å². The molecule has 0 spiro atoms. The molecule has 0 atom stereocenters. The number of para-hydroxylation sites is 4. The van der Waals surface area contributed by atoms with Gasteiger partial charge >= 0.3 is 0 Å². The molecule has 0 saturated carbocycles. The second-order valence-corrected chi connectivity index (χ2v) is 11.7. The first kappa shape index (κ1) is 11.6. The molecule has 5 heteroatoms. The molecule has 3 nitrogen and oxygen atoms in total. The van der Waals surface area contributed by atoms with Crippen LogP contribution in [0.25, 0.3) is 66.1 Å². The summed E-state index contributed by atoms with van der Waals surface area (Å²) in [6.07, 6.45) is 0. The highest BCUT2D eigenvalue weighted by Crippen LogP contribution is 2.45. The van der Waals surface area contributed by atoms with Crippen LogP contribution in [0, 0.1) is 0 Å². The SMILES string of the molecule is [2H]c1c([2H])c([2H])c2c(c1[2H])SB1c3c([2H])c(-n4c5c([2H])c([2H])c([2H])c([2H])c5c5c([2H])c([2H])c([2H])c([2H])c54)c([2H])c([2H])c3Oc3c([2H])c(-n4c5c([2H])c([2H])c([2H])c([2H])c5c5c([2H])c([2H])c([2H])c([2H])c54)c([2H])c-2c31. The van der Waals surface area contributed by atoms with Crippen LogP contribution in [0.2, 0.25) is 0 Å². The van der Waals surface area contributed by atoms with Gasteiger partial charge in [-0.1, -0.05) is 90.6 Å². The van der Waals surface area contributed by atoms with Gasteiger partial charge < -0.3 is 13.9 Å². The van der Waals surface area contributed by atoms with Crippen molar-refractivity contribution in [1.82, 2.24) is 9.13 Å². The van der Waals surface area contributed by atoms with Gasteiger partial charge in [0.25, 0.3) is 5.99 Å². The van der Waals surface area contributed by atoms with Crippen LogP contribution in [-0.2, 0) is 0 Å². The summed E-state index contributed by atoms with van der Waals surface area (Å²) in [4.78, 5) is -0.233. The van der Waals surface area contributed by atoms with Crippen molar-refractivity contribution in [3.05, 3.63) is 151 Å². The number of benzene rings is 7. The van der Waals surface area contributed by atoms with E-state index in [0.29, 0.717) is 11.6 Å². The molecule has 0 radical (unpaired) electrons. The van der Waals surface area contributed by atoms with E-state index in [1.165, 1.54) is 0 Å². The quantitative estimate of drug-likeness (QED) is 0.175. The molecule has 2 aliphatic rings. The first-order valence-corrected chi connectivity index (χ1v) is 14.9. The van der Waals surface area contributed by atoms with Crippen molar-refractivity contribution in [2.24, 2.45) is 0 Å². The second-order valence-electron chi connectivity index (χ2n) is 10.6. The van der Waals surface area contributed by atoms with Gasteiger partial charge in [0.1, 0.15) is 11.5 Å². The highest BCUT2D eigenvalue weighted by molar-refractivity contribution is 8.28. The molecule has 0 N–H and O–H groups in total. The number of fused-ring (bicyclic) bond motifs is 10. The molecule has 0 aliphatic carbocycles. The number of nitrogens with zero attached hydrogens (tertiary/aromatic N) is 2. The number of aromatic nitrogens is 2. The van der Waals surface area contributed by atoms with Gasteiger partial charge in [0.15, 0.2) is 0 Å². The molecule has 0 saturated heterocycles. The number of hydrogen-bond donors (Lipinski definition) is 0. The maximum Gasteiger partial charge on any atom is 0.289 e. The fourth-order valence-electron chi connectivity index (χ4n) is 6.26. The van der Waals surface area contributed by atoms with Crippen molar-refractivity contribution in [2.45, 2.75) is 4.90 Å². The van der Waals surface area contributed by atoms with Gasteiger partial charge in [-0.15, -0.1) is 0 Å². The number of hydrogen-bond acceptors (Lipinski definition) is 2. The second kappa shape index (κ2) is 9.44. The van der Waals surface area contributed by atoms with Crippen LogP contribution in [0.15, 0.2) is 156 Å². The Hall–Kier alpha value is -5.65. The standard InChI is InChI=1S/C42H25BN2OS/c1-6-16-35-28(11-1)29-12-2-7-17-36(29)44(35)26-21-22-39-34(24-26)43-42-33(32-15-5-10-20-41(32)47-43)23-27(25-40(42)46-39)45-37-18-8-3-13-30(37)31-14-4-9-19-38(31)45/h1-25H/i1D,2D,3D,4D,5D,6D,7D,8D,9D,10D,11D,12D,13D,14D,15D,16D,17D,18D,19D,20D,21D,22D,23D,24D,25D. The summed E-state index contributed by atoms with van der Waals surface area (Å²) >= 11 is 0.693. The van der Waals surface area contributed by atoms with E-state index >= 15 is 0 Å². The first-order valence-electron chi connectivity index (χ1n) is 26.5. The minimum Gasteiger partial charge on any atom is -0.458 e. The Morgan fingerprint density at radius 3 is 1.64 bits per heavy atom. The van der Waals surface area contributed by atoms with Crippen molar-refractivity contribution in [3.63, 3.8) is 0 Å². The summed E-state index contributed by atoms with van der Waals surface area (Å²) in [6, 6.07) is -19.2. The van der Waals surface area contributed by atoms with Crippen LogP contribution in [0.1, 0.15) is 34.3 Å². The van der Waals surface area contributed by atoms with E-state index in [9.17, 15) is 8.22 Å². The van der Waals surface area contributed by atoms with E-state index in [-0.39, 0.29) is 26.9 Å². The Labute approximate surface area is 310 Å². The lowest BCUT2D eigenvalue weighted by Gasteiger charge is -2.33. The summed E-state index contributed by atoms with van der Waals surface area (Å²) in [5.74, 6) is -2.65. The molecular formula is C42H25BN2OS. The average Bonchev–Trinajstić information content (AvgIpc) is 3.90. The molecule has 0 unspecified atom stereocenters. The monoisotopic (exact) mass is 641 g/mol. The Bertz CT molecular complexity index is 4030. The van der Waals surface area contributed by atoms with E-state index in [2.05, 4.69) is 0 Å². The smallest absolute Gasteiger partial charge is 0.289 e. The largest absolute Gasteiger partial charge is 0.458 e. The predicted molar refractivity (Wildman–Crippen MR) is 198 cm³/mol. The highest BCUT2D eigenvalue weighted by Gasteiger charge is 2.39. The zero-order chi connectivity index (χ0) is 52.4. The highest BCUT2D eigenvalue weighted by atomic mass is 32.2. The fourth-order valence-corrected chi connectivity index (χ4v) is 7.50. The summed E-state index contributed by atoms with van der Waals surface area (Å²) < 4.78 is 233. The maximum atomic E-state index is 10.0. The van der Waals surface area contributed by atoms with E-state index < -0.39 is 224 Å². The summed E-state index contributed by atoms with van der Waals surface area (Å²) in [7, 11) is 0. The molecule has 11 rings (SSSR count). The summed E-state index contributed by atoms with van der Waals surface area (Å²) in [5, 5.41) is -1.60. The molecule has 7 aromatic carbocycles. The van der Waals surface area contributed by atoms with Crippen molar-refractivity contribution >= 4 is 72.1 Å². The van der Waals surface area contributed by atoms with E-state index in [0.717, 1.165) is 9.13 Å². The third-order valence-electron chi connectivity index (χ3n) is 8.16. The zero-order valence-electron chi connectivity index (χ0n) is 48.3. The fraction of sp³-hybridized carbons (Fsp3) is 0. The van der Waals surface area contributed by atoms with Gasteiger partial charge in [-0.3, -0.25) is 0 Å². The minimum absolute atomic E-state index is 0.198. The van der Waals surface area contributed by atoms with Crippen molar-refractivity contribution in [3.8, 4) is 34.0 Å². The Kier molecular flexibility index (Phi) is 2.32. The van der Waals surface area contributed by atoms with E-state index in [4.69, 9.17) is 30.8 Å². The molecule has 2 aromatic heterocycles. The van der Waals surface area contributed by atoms with Crippen LogP contribution in [-0.4, -0.2) is 15.1 Å². The molecular weight excluding hydrogens is 591 g/mol. The van der Waals surface area contributed by atoms with Crippen LogP contribution < -0.4 is 15.7 Å². The molecule has 0 bridgehead atoms. The maximum absolute atomic E-state index is 10.0. The Morgan fingerprint density at radius 1 is 0.489 bits per heavy atom. The lowest BCUT2D eigenvalue weighted by atomic mass is 9.57. The lowest BCUT2D eigenvalue weighted by Crippen LogP contribution is -2.46. The molecule has 218 valence electrons. The van der Waals surface area contributed by atoms with Gasteiger partial charge in [0.2, 0.25) is 0 Å². The number of rotatable bonds is 2. The third kappa shape index (κ3) is 3.49. The summed E-state index contributed by atoms with van der Waals surface area (Å²) in [5.41, 5.74) is -4.48. The lowest BCUT2D eigenvalue weighted by molar-refractivity contribution is 0.487.